The summed E-state index contributed by atoms with van der Waals surface area (Å²) in [6, 6.07) is 8.38. The summed E-state index contributed by atoms with van der Waals surface area (Å²) in [4.78, 5) is 15.0. The third kappa shape index (κ3) is 4.01. The number of thioether (sulfide) groups is 1. The lowest BCUT2D eigenvalue weighted by Gasteiger charge is -2.40. The van der Waals surface area contributed by atoms with Gasteiger partial charge in [0.2, 0.25) is 0 Å². The molecule has 4 heteroatoms. The Kier molecular flexibility index (Phi) is 5.71. The normalized spacial score (nSPS) is 19.7. The second kappa shape index (κ2) is 7.32. The number of aliphatic carboxylic acids is 1. The molecule has 0 aliphatic carbocycles. The molecule has 0 aromatic heterocycles. The van der Waals surface area contributed by atoms with Gasteiger partial charge in [0.25, 0.3) is 0 Å². The molecule has 116 valence electrons. The molecule has 1 aromatic rings. The molecule has 1 heterocycles. The fourth-order valence-corrected chi connectivity index (χ4v) is 3.61. The lowest BCUT2D eigenvalue weighted by molar-refractivity contribution is -0.140. The smallest absolute Gasteiger partial charge is 0.305 e. The van der Waals surface area contributed by atoms with E-state index in [1.165, 1.54) is 17.7 Å². The fraction of sp³-hybridized carbons (Fsp3) is 0.588. The van der Waals surface area contributed by atoms with E-state index in [-0.39, 0.29) is 6.42 Å². The number of hydrogen-bond donors (Lipinski definition) is 1. The molecule has 1 N–H and O–H groups in total. The number of hydrogen-bond acceptors (Lipinski definition) is 3. The minimum absolute atomic E-state index is 0.158. The first-order valence-electron chi connectivity index (χ1n) is 7.67. The summed E-state index contributed by atoms with van der Waals surface area (Å²) >= 11 is 1.71. The molecule has 0 amide bonds. The SMILES string of the molecule is CSc1ccc(C(C)(CC(=O)O)N2CCCCCC2)cc1. The fourth-order valence-electron chi connectivity index (χ4n) is 3.21. The minimum atomic E-state index is -0.726. The van der Waals surface area contributed by atoms with E-state index in [0.717, 1.165) is 31.5 Å². The molecule has 0 spiro atoms. The average Bonchev–Trinajstić information content (AvgIpc) is 2.76. The Morgan fingerprint density at radius 1 is 1.19 bits per heavy atom. The van der Waals surface area contributed by atoms with E-state index >= 15 is 0 Å². The first-order chi connectivity index (χ1) is 10.1. The Balaban J connectivity index is 2.31. The predicted molar refractivity (Wildman–Crippen MR) is 87.9 cm³/mol. The van der Waals surface area contributed by atoms with Crippen LogP contribution in [0.25, 0.3) is 0 Å². The van der Waals surface area contributed by atoms with Gasteiger partial charge < -0.3 is 5.11 Å². The molecule has 21 heavy (non-hydrogen) atoms. The van der Waals surface area contributed by atoms with Gasteiger partial charge in [-0.1, -0.05) is 25.0 Å². The van der Waals surface area contributed by atoms with Crippen molar-refractivity contribution in [1.29, 1.82) is 0 Å². The Hall–Kier alpha value is -1.00. The maximum atomic E-state index is 11.4. The van der Waals surface area contributed by atoms with Gasteiger partial charge in [-0.15, -0.1) is 11.8 Å². The third-order valence-electron chi connectivity index (χ3n) is 4.51. The van der Waals surface area contributed by atoms with E-state index in [0.29, 0.717) is 0 Å². The summed E-state index contributed by atoms with van der Waals surface area (Å²) in [5.74, 6) is -0.726. The van der Waals surface area contributed by atoms with Gasteiger partial charge in [-0.3, -0.25) is 9.69 Å². The summed E-state index contributed by atoms with van der Waals surface area (Å²) in [5, 5.41) is 9.38. The monoisotopic (exact) mass is 307 g/mol. The largest absolute Gasteiger partial charge is 0.481 e. The molecule has 1 aliphatic heterocycles. The molecular weight excluding hydrogens is 282 g/mol. The van der Waals surface area contributed by atoms with Gasteiger partial charge in [0, 0.05) is 4.90 Å². The summed E-state index contributed by atoms with van der Waals surface area (Å²) < 4.78 is 0. The standard InChI is InChI=1S/C17H25NO2S/c1-17(13-16(19)20,18-11-5-3-4-6-12-18)14-7-9-15(21-2)10-8-14/h7-10H,3-6,11-13H2,1-2H3,(H,19,20). The van der Waals surface area contributed by atoms with Crippen molar-refractivity contribution in [2.75, 3.05) is 19.3 Å². The number of carboxylic acid groups (broad SMARTS) is 1. The number of benzene rings is 1. The number of carboxylic acids is 1. The van der Waals surface area contributed by atoms with Gasteiger partial charge in [0.05, 0.1) is 12.0 Å². The maximum Gasteiger partial charge on any atom is 0.305 e. The van der Waals surface area contributed by atoms with Crippen molar-refractivity contribution in [3.05, 3.63) is 29.8 Å². The molecule has 3 nitrogen and oxygen atoms in total. The number of nitrogens with zero attached hydrogens (tertiary/aromatic N) is 1. The first-order valence-corrected chi connectivity index (χ1v) is 8.90. The molecule has 1 atom stereocenters. The van der Waals surface area contributed by atoms with Crippen LogP contribution in [0.4, 0.5) is 0 Å². The lowest BCUT2D eigenvalue weighted by Crippen LogP contribution is -2.46. The van der Waals surface area contributed by atoms with Crippen LogP contribution in [0, 0.1) is 0 Å². The molecule has 0 saturated carbocycles. The molecule has 1 saturated heterocycles. The zero-order valence-electron chi connectivity index (χ0n) is 13.0. The summed E-state index contributed by atoms with van der Waals surface area (Å²) in [6.07, 6.45) is 7.05. The van der Waals surface area contributed by atoms with E-state index in [4.69, 9.17) is 0 Å². The second-order valence-corrected chi connectivity index (χ2v) is 6.85. The molecule has 1 unspecified atom stereocenters. The van der Waals surface area contributed by atoms with Crippen LogP contribution in [0.3, 0.4) is 0 Å². The lowest BCUT2D eigenvalue weighted by atomic mass is 9.86. The van der Waals surface area contributed by atoms with Gasteiger partial charge in [0.15, 0.2) is 0 Å². The second-order valence-electron chi connectivity index (χ2n) is 5.97. The average molecular weight is 307 g/mol. The van der Waals surface area contributed by atoms with Crippen LogP contribution in [-0.2, 0) is 10.3 Å². The first kappa shape index (κ1) is 16.4. The molecule has 1 aliphatic rings. The highest BCUT2D eigenvalue weighted by Gasteiger charge is 2.36. The van der Waals surface area contributed by atoms with Crippen molar-refractivity contribution in [1.82, 2.24) is 4.90 Å². The Bertz CT molecular complexity index is 466. The number of rotatable bonds is 5. The van der Waals surface area contributed by atoms with Crippen molar-refractivity contribution in [3.8, 4) is 0 Å². The summed E-state index contributed by atoms with van der Waals surface area (Å²) in [7, 11) is 0. The van der Waals surface area contributed by atoms with Crippen LogP contribution in [0.5, 0.6) is 0 Å². The number of carbonyl (C=O) groups is 1. The predicted octanol–water partition coefficient (Wildman–Crippen LogP) is 3.97. The third-order valence-corrected chi connectivity index (χ3v) is 5.25. The summed E-state index contributed by atoms with van der Waals surface area (Å²) in [6.45, 7) is 4.07. The molecule has 0 radical (unpaired) electrons. The minimum Gasteiger partial charge on any atom is -0.481 e. The Morgan fingerprint density at radius 2 is 1.76 bits per heavy atom. The van der Waals surface area contributed by atoms with Crippen molar-refractivity contribution in [3.63, 3.8) is 0 Å². The van der Waals surface area contributed by atoms with Gasteiger partial charge in [0.1, 0.15) is 0 Å². The summed E-state index contributed by atoms with van der Waals surface area (Å²) in [5.41, 5.74) is 0.706. The van der Waals surface area contributed by atoms with E-state index in [1.54, 1.807) is 11.8 Å². The molecule has 2 rings (SSSR count). The van der Waals surface area contributed by atoms with Gasteiger partial charge in [-0.25, -0.2) is 0 Å². The Morgan fingerprint density at radius 3 is 2.24 bits per heavy atom. The highest BCUT2D eigenvalue weighted by Crippen LogP contribution is 2.34. The van der Waals surface area contributed by atoms with E-state index in [9.17, 15) is 9.90 Å². The van der Waals surface area contributed by atoms with Crippen LogP contribution in [-0.4, -0.2) is 35.3 Å². The highest BCUT2D eigenvalue weighted by atomic mass is 32.2. The van der Waals surface area contributed by atoms with Crippen LogP contribution in [0.1, 0.15) is 44.6 Å². The van der Waals surface area contributed by atoms with Crippen molar-refractivity contribution in [2.45, 2.75) is 49.5 Å². The van der Waals surface area contributed by atoms with Crippen LogP contribution in [0.15, 0.2) is 29.2 Å². The van der Waals surface area contributed by atoms with Crippen LogP contribution < -0.4 is 0 Å². The Labute approximate surface area is 131 Å². The maximum absolute atomic E-state index is 11.4. The molecular formula is C17H25NO2S. The van der Waals surface area contributed by atoms with Crippen LogP contribution in [0.2, 0.25) is 0 Å². The zero-order valence-corrected chi connectivity index (χ0v) is 13.8. The van der Waals surface area contributed by atoms with Gasteiger partial charge in [-0.2, -0.15) is 0 Å². The zero-order chi connectivity index (χ0) is 15.3. The molecule has 1 fully saturated rings. The quantitative estimate of drug-likeness (QED) is 0.836. The van der Waals surface area contributed by atoms with Crippen molar-refractivity contribution < 1.29 is 9.90 Å². The van der Waals surface area contributed by atoms with Crippen LogP contribution >= 0.6 is 11.8 Å². The molecule has 1 aromatic carbocycles. The highest BCUT2D eigenvalue weighted by molar-refractivity contribution is 7.98. The molecule has 0 bridgehead atoms. The number of likely N-dealkylation sites (tertiary alicyclic amines) is 1. The van der Waals surface area contributed by atoms with Gasteiger partial charge >= 0.3 is 5.97 Å². The van der Waals surface area contributed by atoms with Crippen molar-refractivity contribution in [2.24, 2.45) is 0 Å². The van der Waals surface area contributed by atoms with E-state index < -0.39 is 11.5 Å². The van der Waals surface area contributed by atoms with Gasteiger partial charge in [-0.05, 0) is 56.8 Å². The van der Waals surface area contributed by atoms with E-state index in [1.807, 2.05) is 0 Å². The van der Waals surface area contributed by atoms with E-state index in [2.05, 4.69) is 42.3 Å². The topological polar surface area (TPSA) is 40.5 Å². The van der Waals surface area contributed by atoms with Crippen molar-refractivity contribution >= 4 is 17.7 Å².